The van der Waals surface area contributed by atoms with Crippen molar-refractivity contribution >= 4 is 12.1 Å². The Morgan fingerprint density at radius 1 is 1.24 bits per heavy atom. The van der Waals surface area contributed by atoms with Crippen LogP contribution in [0.4, 0.5) is 4.79 Å². The van der Waals surface area contributed by atoms with Crippen molar-refractivity contribution in [3.05, 3.63) is 35.9 Å². The number of hydrogen-bond acceptors (Lipinski definition) is 3. The van der Waals surface area contributed by atoms with Crippen molar-refractivity contribution in [3.63, 3.8) is 0 Å². The fourth-order valence-electron chi connectivity index (χ4n) is 2.65. The predicted octanol–water partition coefficient (Wildman–Crippen LogP) is 2.70. The van der Waals surface area contributed by atoms with E-state index in [0.717, 1.165) is 5.56 Å². The zero-order chi connectivity index (χ0) is 15.7. The smallest absolute Gasteiger partial charge is 0.407 e. The fraction of sp³-hybridized carbons (Fsp3) is 0.500. The van der Waals surface area contributed by atoms with E-state index in [9.17, 15) is 14.7 Å². The molecule has 0 aromatic heterocycles. The van der Waals surface area contributed by atoms with E-state index in [-0.39, 0.29) is 6.04 Å². The molecule has 0 saturated heterocycles. The van der Waals surface area contributed by atoms with E-state index in [1.54, 1.807) is 20.8 Å². The number of alkyl carbamates (subject to hydrolysis) is 1. The van der Waals surface area contributed by atoms with Gasteiger partial charge in [-0.25, -0.2) is 4.79 Å². The van der Waals surface area contributed by atoms with E-state index < -0.39 is 23.1 Å². The third-order valence-corrected chi connectivity index (χ3v) is 3.65. The van der Waals surface area contributed by atoms with Crippen molar-refractivity contribution in [2.24, 2.45) is 0 Å². The summed E-state index contributed by atoms with van der Waals surface area (Å²) in [6.45, 7) is 5.37. The Morgan fingerprint density at radius 2 is 1.81 bits per heavy atom. The Kier molecular flexibility index (Phi) is 3.94. The van der Waals surface area contributed by atoms with Gasteiger partial charge in [-0.2, -0.15) is 0 Å². The van der Waals surface area contributed by atoms with E-state index in [2.05, 4.69) is 5.32 Å². The Morgan fingerprint density at radius 3 is 2.29 bits per heavy atom. The summed E-state index contributed by atoms with van der Waals surface area (Å²) in [5.74, 6) is -0.851. The second-order valence-corrected chi connectivity index (χ2v) is 6.50. The number of hydrogen-bond donors (Lipinski definition) is 2. The van der Waals surface area contributed by atoms with Crippen LogP contribution in [0.15, 0.2) is 30.3 Å². The zero-order valence-electron chi connectivity index (χ0n) is 12.6. The quantitative estimate of drug-likeness (QED) is 0.897. The van der Waals surface area contributed by atoms with Crippen LogP contribution in [0.2, 0.25) is 0 Å². The Balaban J connectivity index is 2.00. The number of ether oxygens (including phenoxy) is 1. The first-order chi connectivity index (χ1) is 9.73. The third-order valence-electron chi connectivity index (χ3n) is 3.65. The minimum atomic E-state index is -0.902. The van der Waals surface area contributed by atoms with Crippen LogP contribution in [0.3, 0.4) is 0 Å². The van der Waals surface area contributed by atoms with Gasteiger partial charge >= 0.3 is 12.1 Å². The van der Waals surface area contributed by atoms with Crippen LogP contribution in [-0.2, 0) is 14.9 Å². The number of aliphatic carboxylic acids is 1. The van der Waals surface area contributed by atoms with Crippen LogP contribution in [-0.4, -0.2) is 28.8 Å². The first kappa shape index (κ1) is 15.4. The molecule has 0 spiro atoms. The molecule has 114 valence electrons. The van der Waals surface area contributed by atoms with Gasteiger partial charge in [-0.05, 0) is 39.2 Å². The molecule has 0 atom stereocenters. The van der Waals surface area contributed by atoms with Gasteiger partial charge in [0.1, 0.15) is 5.60 Å². The molecule has 0 unspecified atom stereocenters. The molecule has 0 aliphatic heterocycles. The zero-order valence-corrected chi connectivity index (χ0v) is 12.6. The summed E-state index contributed by atoms with van der Waals surface area (Å²) >= 11 is 0. The SMILES string of the molecule is CC(C)(C)OC(=O)NC1CC(C(=O)O)(c2ccccc2)C1. The van der Waals surface area contributed by atoms with Crippen molar-refractivity contribution < 1.29 is 19.4 Å². The van der Waals surface area contributed by atoms with Gasteiger partial charge in [0.25, 0.3) is 0 Å². The molecule has 5 nitrogen and oxygen atoms in total. The number of amides is 1. The molecule has 5 heteroatoms. The lowest BCUT2D eigenvalue weighted by Gasteiger charge is -2.44. The lowest BCUT2D eigenvalue weighted by Crippen LogP contribution is -2.57. The van der Waals surface area contributed by atoms with Crippen LogP contribution < -0.4 is 5.32 Å². The number of rotatable bonds is 3. The normalized spacial score (nSPS) is 24.8. The first-order valence-corrected chi connectivity index (χ1v) is 7.01. The van der Waals surface area contributed by atoms with Crippen molar-refractivity contribution in [2.45, 2.75) is 50.7 Å². The minimum Gasteiger partial charge on any atom is -0.481 e. The van der Waals surface area contributed by atoms with Crippen LogP contribution >= 0.6 is 0 Å². The molecule has 1 aromatic carbocycles. The summed E-state index contributed by atoms with van der Waals surface area (Å²) in [5, 5.41) is 12.3. The fourth-order valence-corrected chi connectivity index (χ4v) is 2.65. The number of carbonyl (C=O) groups is 2. The van der Waals surface area contributed by atoms with Crippen molar-refractivity contribution in [1.29, 1.82) is 0 Å². The standard InChI is InChI=1S/C16H21NO4/c1-15(2,3)21-14(20)17-12-9-16(10-12,13(18)19)11-7-5-4-6-8-11/h4-8,12H,9-10H2,1-3H3,(H,17,20)(H,18,19). The first-order valence-electron chi connectivity index (χ1n) is 7.01. The van der Waals surface area contributed by atoms with E-state index in [1.165, 1.54) is 0 Å². The van der Waals surface area contributed by atoms with Gasteiger partial charge in [0.05, 0.1) is 5.41 Å². The van der Waals surface area contributed by atoms with Gasteiger partial charge in [0.2, 0.25) is 0 Å². The van der Waals surface area contributed by atoms with Crippen molar-refractivity contribution in [2.75, 3.05) is 0 Å². The van der Waals surface area contributed by atoms with E-state index >= 15 is 0 Å². The lowest BCUT2D eigenvalue weighted by molar-refractivity contribution is -0.148. The predicted molar refractivity (Wildman–Crippen MR) is 78.1 cm³/mol. The molecule has 1 saturated carbocycles. The van der Waals surface area contributed by atoms with Crippen molar-refractivity contribution in [1.82, 2.24) is 5.32 Å². The Hall–Kier alpha value is -2.04. The number of carboxylic acid groups (broad SMARTS) is 1. The highest BCUT2D eigenvalue weighted by atomic mass is 16.6. The molecule has 0 radical (unpaired) electrons. The second kappa shape index (κ2) is 5.39. The van der Waals surface area contributed by atoms with Crippen LogP contribution in [0, 0.1) is 0 Å². The number of carboxylic acids is 1. The Bertz CT molecular complexity index is 527. The van der Waals surface area contributed by atoms with E-state index in [4.69, 9.17) is 4.74 Å². The summed E-state index contributed by atoms with van der Waals surface area (Å²) in [5.41, 5.74) is -0.683. The van der Waals surface area contributed by atoms with E-state index in [0.29, 0.717) is 12.8 Å². The molecule has 1 aliphatic rings. The molecule has 1 amide bonds. The minimum absolute atomic E-state index is 0.170. The van der Waals surface area contributed by atoms with Crippen molar-refractivity contribution in [3.8, 4) is 0 Å². The molecule has 2 rings (SSSR count). The summed E-state index contributed by atoms with van der Waals surface area (Å²) in [4.78, 5) is 23.3. The summed E-state index contributed by atoms with van der Waals surface area (Å²) in [6, 6.07) is 8.98. The number of benzene rings is 1. The largest absolute Gasteiger partial charge is 0.481 e. The summed E-state index contributed by atoms with van der Waals surface area (Å²) in [7, 11) is 0. The van der Waals surface area contributed by atoms with Gasteiger partial charge < -0.3 is 15.2 Å². The van der Waals surface area contributed by atoms with Crippen LogP contribution in [0.1, 0.15) is 39.2 Å². The van der Waals surface area contributed by atoms with Gasteiger partial charge in [-0.15, -0.1) is 0 Å². The number of nitrogens with one attached hydrogen (secondary N) is 1. The molecule has 0 bridgehead atoms. The average molecular weight is 291 g/mol. The summed E-state index contributed by atoms with van der Waals surface area (Å²) in [6.07, 6.45) is 0.261. The molecule has 2 N–H and O–H groups in total. The second-order valence-electron chi connectivity index (χ2n) is 6.50. The van der Waals surface area contributed by atoms with Gasteiger partial charge in [0, 0.05) is 6.04 Å². The van der Waals surface area contributed by atoms with Gasteiger partial charge in [-0.3, -0.25) is 4.79 Å². The molecular weight excluding hydrogens is 270 g/mol. The molecule has 21 heavy (non-hydrogen) atoms. The molecular formula is C16H21NO4. The molecule has 1 aromatic rings. The highest BCUT2D eigenvalue weighted by Crippen LogP contribution is 2.44. The maximum atomic E-state index is 11.7. The summed E-state index contributed by atoms with van der Waals surface area (Å²) < 4.78 is 5.18. The van der Waals surface area contributed by atoms with Gasteiger partial charge in [-0.1, -0.05) is 30.3 Å². The Labute approximate surface area is 124 Å². The number of carbonyl (C=O) groups excluding carboxylic acids is 1. The lowest BCUT2D eigenvalue weighted by atomic mass is 9.61. The average Bonchev–Trinajstić information content (AvgIpc) is 2.31. The monoisotopic (exact) mass is 291 g/mol. The maximum absolute atomic E-state index is 11.7. The van der Waals surface area contributed by atoms with Gasteiger partial charge in [0.15, 0.2) is 0 Å². The molecule has 1 fully saturated rings. The maximum Gasteiger partial charge on any atom is 0.407 e. The highest BCUT2D eigenvalue weighted by Gasteiger charge is 2.52. The highest BCUT2D eigenvalue weighted by molar-refractivity contribution is 5.83. The van der Waals surface area contributed by atoms with E-state index in [1.807, 2.05) is 30.3 Å². The third kappa shape index (κ3) is 3.35. The molecule has 1 aliphatic carbocycles. The molecule has 0 heterocycles. The van der Waals surface area contributed by atoms with Crippen LogP contribution in [0.25, 0.3) is 0 Å². The topological polar surface area (TPSA) is 75.6 Å². The van der Waals surface area contributed by atoms with Crippen LogP contribution in [0.5, 0.6) is 0 Å².